The lowest BCUT2D eigenvalue weighted by Gasteiger charge is -2.22. The Morgan fingerprint density at radius 3 is 2.40 bits per heavy atom. The zero-order valence-corrected chi connectivity index (χ0v) is 14.3. The molecule has 0 atom stereocenters. The lowest BCUT2D eigenvalue weighted by atomic mass is 10.2. The highest BCUT2D eigenvalue weighted by Gasteiger charge is 2.18. The van der Waals surface area contributed by atoms with Gasteiger partial charge >= 0.3 is 0 Å². The van der Waals surface area contributed by atoms with E-state index in [-0.39, 0.29) is 18.7 Å². The second-order valence-corrected chi connectivity index (χ2v) is 7.14. The van der Waals surface area contributed by atoms with Crippen molar-refractivity contribution in [2.75, 3.05) is 23.7 Å². The average molecular weight is 361 g/mol. The van der Waals surface area contributed by atoms with Crippen molar-refractivity contribution in [3.63, 3.8) is 0 Å². The maximum atomic E-state index is 13.6. The summed E-state index contributed by atoms with van der Waals surface area (Å²) in [6.45, 7) is -0.0227. The molecule has 0 aliphatic heterocycles. The summed E-state index contributed by atoms with van der Waals surface area (Å²) in [7, 11) is -3.58. The van der Waals surface area contributed by atoms with Crippen LogP contribution >= 0.6 is 0 Å². The first-order valence-corrected chi connectivity index (χ1v) is 9.18. The summed E-state index contributed by atoms with van der Waals surface area (Å²) in [5, 5.41) is 11.3. The number of carbonyl (C=O) groups is 1. The Morgan fingerprint density at radius 2 is 1.84 bits per heavy atom. The molecule has 0 bridgehead atoms. The van der Waals surface area contributed by atoms with E-state index in [4.69, 9.17) is 5.26 Å². The van der Waals surface area contributed by atoms with Crippen LogP contribution in [0.2, 0.25) is 0 Å². The molecule has 0 spiro atoms. The smallest absolute Gasteiger partial charge is 0.254 e. The lowest BCUT2D eigenvalue weighted by molar-refractivity contribution is 0.0951. The van der Waals surface area contributed by atoms with Crippen LogP contribution in [0.3, 0.4) is 0 Å². The van der Waals surface area contributed by atoms with Gasteiger partial charge < -0.3 is 5.32 Å². The first-order valence-electron chi connectivity index (χ1n) is 7.33. The van der Waals surface area contributed by atoms with Gasteiger partial charge in [-0.15, -0.1) is 0 Å². The van der Waals surface area contributed by atoms with E-state index in [1.807, 2.05) is 6.07 Å². The third-order valence-corrected chi connectivity index (χ3v) is 4.60. The van der Waals surface area contributed by atoms with Crippen molar-refractivity contribution < 1.29 is 17.6 Å². The minimum atomic E-state index is -3.58. The predicted molar refractivity (Wildman–Crippen MR) is 92.1 cm³/mol. The average Bonchev–Trinajstić information content (AvgIpc) is 2.58. The third-order valence-electron chi connectivity index (χ3n) is 3.40. The fourth-order valence-corrected chi connectivity index (χ4v) is 3.13. The van der Waals surface area contributed by atoms with Crippen LogP contribution < -0.4 is 9.62 Å². The maximum Gasteiger partial charge on any atom is 0.254 e. The topological polar surface area (TPSA) is 90.3 Å². The zero-order valence-electron chi connectivity index (χ0n) is 13.4. The summed E-state index contributed by atoms with van der Waals surface area (Å²) < 4.78 is 38.6. The number of amides is 1. The van der Waals surface area contributed by atoms with Crippen LogP contribution in [0, 0.1) is 17.1 Å². The molecule has 0 aliphatic rings. The standard InChI is InChI=1S/C17H16FN3O3S/c1-25(23,24)21(14-8-6-13(12-19)7-9-14)11-10-20-17(22)15-4-2-3-5-16(15)18/h2-9H,10-11H2,1H3,(H,20,22). The molecule has 0 heterocycles. The van der Waals surface area contributed by atoms with E-state index in [0.717, 1.165) is 10.6 Å². The summed E-state index contributed by atoms with van der Waals surface area (Å²) in [4.78, 5) is 12.0. The molecular formula is C17H16FN3O3S. The molecule has 0 radical (unpaired) electrons. The number of nitriles is 1. The molecule has 0 fully saturated rings. The van der Waals surface area contributed by atoms with Gasteiger partial charge in [-0.2, -0.15) is 5.26 Å². The van der Waals surface area contributed by atoms with E-state index in [9.17, 15) is 17.6 Å². The van der Waals surface area contributed by atoms with Crippen molar-refractivity contribution in [1.29, 1.82) is 5.26 Å². The van der Waals surface area contributed by atoms with Crippen LogP contribution in [0.5, 0.6) is 0 Å². The number of hydrogen-bond acceptors (Lipinski definition) is 4. The molecule has 130 valence electrons. The van der Waals surface area contributed by atoms with Crippen LogP contribution in [-0.4, -0.2) is 33.7 Å². The highest BCUT2D eigenvalue weighted by Crippen LogP contribution is 2.17. The Hall–Kier alpha value is -2.92. The Morgan fingerprint density at radius 1 is 1.20 bits per heavy atom. The quantitative estimate of drug-likeness (QED) is 0.851. The Kier molecular flexibility index (Phi) is 5.72. The Labute approximate surface area is 145 Å². The second kappa shape index (κ2) is 7.77. The number of nitrogens with zero attached hydrogens (tertiary/aromatic N) is 2. The first-order chi connectivity index (χ1) is 11.8. The van der Waals surface area contributed by atoms with Gasteiger partial charge in [-0.05, 0) is 36.4 Å². The van der Waals surface area contributed by atoms with Crippen molar-refractivity contribution in [2.45, 2.75) is 0 Å². The molecule has 25 heavy (non-hydrogen) atoms. The normalized spacial score (nSPS) is 10.8. The lowest BCUT2D eigenvalue weighted by Crippen LogP contribution is -2.38. The number of rotatable bonds is 6. The zero-order chi connectivity index (χ0) is 18.4. The Balaban J connectivity index is 2.07. The number of benzene rings is 2. The fraction of sp³-hybridized carbons (Fsp3) is 0.176. The van der Waals surface area contributed by atoms with E-state index < -0.39 is 21.7 Å². The predicted octanol–water partition coefficient (Wildman–Crippen LogP) is 1.89. The molecule has 8 heteroatoms. The van der Waals surface area contributed by atoms with Crippen LogP contribution in [0.1, 0.15) is 15.9 Å². The molecule has 2 aromatic rings. The molecular weight excluding hydrogens is 345 g/mol. The van der Waals surface area contributed by atoms with E-state index >= 15 is 0 Å². The number of hydrogen-bond donors (Lipinski definition) is 1. The second-order valence-electron chi connectivity index (χ2n) is 5.23. The van der Waals surface area contributed by atoms with Crippen molar-refractivity contribution in [2.24, 2.45) is 0 Å². The van der Waals surface area contributed by atoms with E-state index in [1.54, 1.807) is 0 Å². The van der Waals surface area contributed by atoms with Gasteiger partial charge in [0, 0.05) is 6.54 Å². The molecule has 0 saturated carbocycles. The first kappa shape index (κ1) is 18.4. The maximum absolute atomic E-state index is 13.6. The summed E-state index contributed by atoms with van der Waals surface area (Å²) in [5.41, 5.74) is 0.679. The number of sulfonamides is 1. The van der Waals surface area contributed by atoms with E-state index in [2.05, 4.69) is 5.32 Å². The van der Waals surface area contributed by atoms with Crippen molar-refractivity contribution >= 4 is 21.6 Å². The van der Waals surface area contributed by atoms with Crippen LogP contribution in [0.15, 0.2) is 48.5 Å². The summed E-state index contributed by atoms with van der Waals surface area (Å²) in [6, 6.07) is 13.5. The van der Waals surface area contributed by atoms with E-state index in [0.29, 0.717) is 11.3 Å². The van der Waals surface area contributed by atoms with Gasteiger partial charge in [0.1, 0.15) is 5.82 Å². The molecule has 0 saturated heterocycles. The minimum Gasteiger partial charge on any atom is -0.350 e. The molecule has 0 aliphatic carbocycles. The molecule has 2 rings (SSSR count). The highest BCUT2D eigenvalue weighted by molar-refractivity contribution is 7.92. The number of halogens is 1. The van der Waals surface area contributed by atoms with Gasteiger partial charge in [0.15, 0.2) is 0 Å². The van der Waals surface area contributed by atoms with Gasteiger partial charge in [0.2, 0.25) is 10.0 Å². The molecule has 0 aromatic heterocycles. The Bertz CT molecular complexity index is 905. The van der Waals surface area contributed by atoms with Crippen LogP contribution in [-0.2, 0) is 10.0 Å². The molecule has 0 unspecified atom stereocenters. The third kappa shape index (κ3) is 4.78. The van der Waals surface area contributed by atoms with Crippen molar-refractivity contribution in [3.8, 4) is 6.07 Å². The van der Waals surface area contributed by atoms with Crippen LogP contribution in [0.4, 0.5) is 10.1 Å². The van der Waals surface area contributed by atoms with Crippen molar-refractivity contribution in [3.05, 3.63) is 65.5 Å². The molecule has 1 amide bonds. The molecule has 1 N–H and O–H groups in total. The minimum absolute atomic E-state index is 0.000237. The number of nitrogens with one attached hydrogen (secondary N) is 1. The van der Waals surface area contributed by atoms with Crippen LogP contribution in [0.25, 0.3) is 0 Å². The molecule has 2 aromatic carbocycles. The summed E-state index contributed by atoms with van der Waals surface area (Å²) >= 11 is 0. The van der Waals surface area contributed by atoms with Gasteiger partial charge in [0.25, 0.3) is 5.91 Å². The van der Waals surface area contributed by atoms with Crippen molar-refractivity contribution in [1.82, 2.24) is 5.32 Å². The highest BCUT2D eigenvalue weighted by atomic mass is 32.2. The van der Waals surface area contributed by atoms with Gasteiger partial charge in [-0.3, -0.25) is 9.10 Å². The van der Waals surface area contributed by atoms with Gasteiger partial charge in [-0.1, -0.05) is 12.1 Å². The number of carbonyl (C=O) groups excluding carboxylic acids is 1. The van der Waals surface area contributed by atoms with Gasteiger partial charge in [0.05, 0.1) is 35.7 Å². The fourth-order valence-electron chi connectivity index (χ4n) is 2.20. The SMILES string of the molecule is CS(=O)(=O)N(CCNC(=O)c1ccccc1F)c1ccc(C#N)cc1. The summed E-state index contributed by atoms with van der Waals surface area (Å²) in [5.74, 6) is -1.27. The number of anilines is 1. The summed E-state index contributed by atoms with van der Waals surface area (Å²) in [6.07, 6.45) is 1.05. The monoisotopic (exact) mass is 361 g/mol. The largest absolute Gasteiger partial charge is 0.350 e. The molecule has 6 nitrogen and oxygen atoms in total. The van der Waals surface area contributed by atoms with E-state index in [1.165, 1.54) is 48.5 Å². The van der Waals surface area contributed by atoms with Gasteiger partial charge in [-0.25, -0.2) is 12.8 Å².